The van der Waals surface area contributed by atoms with Crippen molar-refractivity contribution in [3.05, 3.63) is 54.1 Å². The van der Waals surface area contributed by atoms with Crippen molar-refractivity contribution in [2.24, 2.45) is 5.73 Å². The first-order chi connectivity index (χ1) is 11.3. The van der Waals surface area contributed by atoms with Gasteiger partial charge in [0, 0.05) is 19.2 Å². The lowest BCUT2D eigenvalue weighted by Gasteiger charge is -2.23. The molecule has 1 aromatic carbocycles. The van der Waals surface area contributed by atoms with Crippen LogP contribution in [0.4, 0.5) is 0 Å². The van der Waals surface area contributed by atoms with Gasteiger partial charge < -0.3 is 20.7 Å². The lowest BCUT2D eigenvalue weighted by Crippen LogP contribution is -2.55. The molecule has 1 amide bonds. The summed E-state index contributed by atoms with van der Waals surface area (Å²) in [6.45, 7) is 3.50. The van der Waals surface area contributed by atoms with Gasteiger partial charge in [0.15, 0.2) is 0 Å². The molecule has 0 aliphatic rings. The highest BCUT2D eigenvalue weighted by molar-refractivity contribution is 5.89. The minimum absolute atomic E-state index is 0.239. The normalized spacial score (nSPS) is 12.6. The average molecular weight is 330 g/mol. The van der Waals surface area contributed by atoms with E-state index in [2.05, 4.69) is 10.3 Å². The van der Waals surface area contributed by atoms with Gasteiger partial charge in [0.05, 0.1) is 18.1 Å². The number of nitrogens with two attached hydrogens (primary N) is 1. The molecule has 24 heavy (non-hydrogen) atoms. The second-order valence-corrected chi connectivity index (χ2v) is 6.25. The molecule has 0 aliphatic carbocycles. The van der Waals surface area contributed by atoms with Crippen LogP contribution < -0.4 is 11.1 Å². The van der Waals surface area contributed by atoms with Crippen molar-refractivity contribution in [3.8, 4) is 0 Å². The summed E-state index contributed by atoms with van der Waals surface area (Å²) in [4.78, 5) is 27.3. The first kappa shape index (κ1) is 17.7. The van der Waals surface area contributed by atoms with Crippen molar-refractivity contribution < 1.29 is 14.7 Å². The first-order valence-electron chi connectivity index (χ1n) is 7.63. The van der Waals surface area contributed by atoms with Gasteiger partial charge in [-0.15, -0.1) is 0 Å². The Kier molecular flexibility index (Phi) is 5.35. The predicted octanol–water partition coefficient (Wildman–Crippen LogP) is 0.781. The number of nitrogens with one attached hydrogen (secondary N) is 1. The van der Waals surface area contributed by atoms with E-state index in [1.165, 1.54) is 13.8 Å². The molecule has 0 saturated heterocycles. The van der Waals surface area contributed by atoms with E-state index in [0.717, 1.165) is 5.56 Å². The Hall–Kier alpha value is -2.67. The van der Waals surface area contributed by atoms with E-state index in [1.807, 2.05) is 41.1 Å². The Labute approximate surface area is 140 Å². The number of aliphatic carboxylic acids is 1. The van der Waals surface area contributed by atoms with E-state index >= 15 is 0 Å². The second-order valence-electron chi connectivity index (χ2n) is 6.25. The Balaban J connectivity index is 1.94. The van der Waals surface area contributed by atoms with Gasteiger partial charge in [0.2, 0.25) is 5.91 Å². The molecule has 0 radical (unpaired) electrons. The molecular weight excluding hydrogens is 308 g/mol. The number of carbonyl (C=O) groups excluding carboxylic acids is 1. The molecule has 1 atom stereocenters. The van der Waals surface area contributed by atoms with Crippen LogP contribution in [0.1, 0.15) is 25.1 Å². The highest BCUT2D eigenvalue weighted by atomic mass is 16.4. The molecule has 0 saturated carbocycles. The number of carboxylic acid groups (broad SMARTS) is 1. The third kappa shape index (κ3) is 4.66. The van der Waals surface area contributed by atoms with Crippen molar-refractivity contribution in [1.29, 1.82) is 0 Å². The monoisotopic (exact) mass is 330 g/mol. The molecule has 1 aromatic heterocycles. The Morgan fingerprint density at radius 1 is 1.33 bits per heavy atom. The van der Waals surface area contributed by atoms with Crippen LogP contribution in [0.15, 0.2) is 42.9 Å². The maximum Gasteiger partial charge on any atom is 0.328 e. The van der Waals surface area contributed by atoms with Crippen LogP contribution in [0.3, 0.4) is 0 Å². The van der Waals surface area contributed by atoms with E-state index in [-0.39, 0.29) is 6.42 Å². The third-order valence-corrected chi connectivity index (χ3v) is 3.63. The minimum Gasteiger partial charge on any atom is -0.480 e. The van der Waals surface area contributed by atoms with Gasteiger partial charge in [0.25, 0.3) is 0 Å². The van der Waals surface area contributed by atoms with Crippen LogP contribution in [-0.2, 0) is 22.6 Å². The Bertz CT molecular complexity index is 710. The van der Waals surface area contributed by atoms with Gasteiger partial charge in [-0.25, -0.2) is 9.78 Å². The fraction of sp³-hybridized carbons (Fsp3) is 0.353. The fourth-order valence-electron chi connectivity index (χ4n) is 2.16. The van der Waals surface area contributed by atoms with E-state index in [0.29, 0.717) is 12.2 Å². The molecule has 0 aliphatic heterocycles. The molecule has 2 aromatic rings. The van der Waals surface area contributed by atoms with Crippen molar-refractivity contribution in [3.63, 3.8) is 0 Å². The Morgan fingerprint density at radius 3 is 2.62 bits per heavy atom. The topological polar surface area (TPSA) is 110 Å². The van der Waals surface area contributed by atoms with Gasteiger partial charge in [-0.3, -0.25) is 4.79 Å². The van der Waals surface area contributed by atoms with E-state index in [9.17, 15) is 9.59 Å². The summed E-state index contributed by atoms with van der Waals surface area (Å²) in [6.07, 6.45) is 3.76. The number of hydrogen-bond donors (Lipinski definition) is 3. The molecule has 0 unspecified atom stereocenters. The van der Waals surface area contributed by atoms with Crippen LogP contribution in [0.25, 0.3) is 0 Å². The summed E-state index contributed by atoms with van der Waals surface area (Å²) < 4.78 is 1.91. The quantitative estimate of drug-likeness (QED) is 0.695. The number of hydrogen-bond acceptors (Lipinski definition) is 4. The summed E-state index contributed by atoms with van der Waals surface area (Å²) in [5.74, 6) is -1.63. The second kappa shape index (κ2) is 7.27. The standard InChI is InChI=1S/C17H22N4O3/c1-17(2,16(23)24)20-15(22)14(18)8-13-10-21(11-19-13)9-12-6-4-3-5-7-12/h3-7,10-11,14H,8-9,18H2,1-2H3,(H,20,22)(H,23,24)/t14-/m0/s1. The summed E-state index contributed by atoms with van der Waals surface area (Å²) in [5, 5.41) is 11.5. The minimum atomic E-state index is -1.36. The zero-order valence-electron chi connectivity index (χ0n) is 13.8. The zero-order chi connectivity index (χ0) is 17.7. The molecule has 0 spiro atoms. The number of aromatic nitrogens is 2. The number of imidazole rings is 1. The summed E-state index contributed by atoms with van der Waals surface area (Å²) in [7, 11) is 0. The van der Waals surface area contributed by atoms with Gasteiger partial charge in [-0.05, 0) is 19.4 Å². The van der Waals surface area contributed by atoms with Crippen LogP contribution in [0.2, 0.25) is 0 Å². The highest BCUT2D eigenvalue weighted by Crippen LogP contribution is 2.07. The molecule has 4 N–H and O–H groups in total. The lowest BCUT2D eigenvalue weighted by atomic mass is 10.0. The van der Waals surface area contributed by atoms with Crippen LogP contribution in [-0.4, -0.2) is 38.1 Å². The molecule has 7 nitrogen and oxygen atoms in total. The number of carboxylic acids is 1. The molecule has 0 fully saturated rings. The smallest absolute Gasteiger partial charge is 0.328 e. The van der Waals surface area contributed by atoms with Gasteiger partial charge >= 0.3 is 5.97 Å². The van der Waals surface area contributed by atoms with Crippen molar-refractivity contribution in [2.75, 3.05) is 0 Å². The van der Waals surface area contributed by atoms with Gasteiger partial charge in [0.1, 0.15) is 5.54 Å². The van der Waals surface area contributed by atoms with Crippen LogP contribution in [0, 0.1) is 0 Å². The van der Waals surface area contributed by atoms with Crippen LogP contribution >= 0.6 is 0 Å². The lowest BCUT2D eigenvalue weighted by molar-refractivity contribution is -0.146. The van der Waals surface area contributed by atoms with Gasteiger partial charge in [-0.1, -0.05) is 30.3 Å². The number of nitrogens with zero attached hydrogens (tertiary/aromatic N) is 2. The van der Waals surface area contributed by atoms with Gasteiger partial charge in [-0.2, -0.15) is 0 Å². The van der Waals surface area contributed by atoms with E-state index in [4.69, 9.17) is 10.8 Å². The maximum absolute atomic E-state index is 12.0. The predicted molar refractivity (Wildman–Crippen MR) is 89.3 cm³/mol. The molecular formula is C17H22N4O3. The number of rotatable bonds is 7. The highest BCUT2D eigenvalue weighted by Gasteiger charge is 2.30. The summed E-state index contributed by atoms with van der Waals surface area (Å²) in [5.41, 5.74) is 6.33. The number of benzene rings is 1. The van der Waals surface area contributed by atoms with E-state index < -0.39 is 23.5 Å². The number of amides is 1. The SMILES string of the molecule is CC(C)(NC(=O)[C@@H](N)Cc1cn(Cc2ccccc2)cn1)C(=O)O. The molecule has 7 heteroatoms. The van der Waals surface area contributed by atoms with Crippen molar-refractivity contribution in [1.82, 2.24) is 14.9 Å². The molecule has 2 rings (SSSR count). The third-order valence-electron chi connectivity index (χ3n) is 3.63. The molecule has 128 valence electrons. The fourth-order valence-corrected chi connectivity index (χ4v) is 2.16. The van der Waals surface area contributed by atoms with Crippen LogP contribution in [0.5, 0.6) is 0 Å². The van der Waals surface area contributed by atoms with E-state index in [1.54, 1.807) is 6.33 Å². The summed E-state index contributed by atoms with van der Waals surface area (Å²) >= 11 is 0. The van der Waals surface area contributed by atoms with Crippen molar-refractivity contribution in [2.45, 2.75) is 38.4 Å². The maximum atomic E-state index is 12.0. The largest absolute Gasteiger partial charge is 0.480 e. The zero-order valence-corrected chi connectivity index (χ0v) is 13.8. The average Bonchev–Trinajstić information content (AvgIpc) is 2.94. The number of carbonyl (C=O) groups is 2. The summed E-state index contributed by atoms with van der Waals surface area (Å²) in [6, 6.07) is 9.08. The molecule has 0 bridgehead atoms. The first-order valence-corrected chi connectivity index (χ1v) is 7.63. The Morgan fingerprint density at radius 2 is 2.00 bits per heavy atom. The van der Waals surface area contributed by atoms with Crippen molar-refractivity contribution >= 4 is 11.9 Å². The molecule has 1 heterocycles.